The van der Waals surface area contributed by atoms with E-state index in [1.54, 1.807) is 25.6 Å². The first-order valence-electron chi connectivity index (χ1n) is 5.26. The van der Waals surface area contributed by atoms with E-state index in [1.807, 2.05) is 12.1 Å². The molecule has 2 aromatic rings. The molecule has 0 fully saturated rings. The van der Waals surface area contributed by atoms with Gasteiger partial charge in [0.25, 0.3) is 0 Å². The van der Waals surface area contributed by atoms with E-state index in [-0.39, 0.29) is 0 Å². The van der Waals surface area contributed by atoms with Gasteiger partial charge in [0.05, 0.1) is 16.6 Å². The first-order chi connectivity index (χ1) is 7.44. The molecule has 1 aromatic carbocycles. The van der Waals surface area contributed by atoms with Crippen LogP contribution in [0.5, 0.6) is 0 Å². The Morgan fingerprint density at radius 1 is 1.44 bits per heavy atom. The molecule has 0 saturated carbocycles. The van der Waals surface area contributed by atoms with Crippen LogP contribution in [0.15, 0.2) is 23.4 Å². The monoisotopic (exact) mass is 236 g/mol. The van der Waals surface area contributed by atoms with Gasteiger partial charge in [-0.1, -0.05) is 17.8 Å². The standard InChI is InChI=1S/C12H16N2OS/c1-8-4-5-9-10(6-8)14-11(13-9)16-7-12(2,3)15/h4-6,15H,7H2,1-3H3,(H,13,14). The SMILES string of the molecule is Cc1ccc2nc(SCC(C)(C)O)[nH]c2c1. The zero-order valence-electron chi connectivity index (χ0n) is 9.74. The zero-order chi connectivity index (χ0) is 11.8. The van der Waals surface area contributed by atoms with E-state index < -0.39 is 5.60 Å². The lowest BCUT2D eigenvalue weighted by molar-refractivity contribution is 0.107. The Labute approximate surface area is 99.3 Å². The van der Waals surface area contributed by atoms with Crippen molar-refractivity contribution in [1.82, 2.24) is 9.97 Å². The molecule has 16 heavy (non-hydrogen) atoms. The van der Waals surface area contributed by atoms with E-state index >= 15 is 0 Å². The molecule has 1 aromatic heterocycles. The van der Waals surface area contributed by atoms with Crippen molar-refractivity contribution >= 4 is 22.8 Å². The molecule has 1 heterocycles. The first kappa shape index (κ1) is 11.5. The maximum atomic E-state index is 9.64. The third kappa shape index (κ3) is 2.77. The summed E-state index contributed by atoms with van der Waals surface area (Å²) >= 11 is 1.54. The van der Waals surface area contributed by atoms with Gasteiger partial charge < -0.3 is 10.1 Å². The molecule has 2 N–H and O–H groups in total. The quantitative estimate of drug-likeness (QED) is 0.806. The normalized spacial score (nSPS) is 12.2. The minimum atomic E-state index is -0.667. The number of aromatic amines is 1. The lowest BCUT2D eigenvalue weighted by atomic mass is 10.2. The summed E-state index contributed by atoms with van der Waals surface area (Å²) < 4.78 is 0. The molecule has 0 aliphatic carbocycles. The largest absolute Gasteiger partial charge is 0.390 e. The van der Waals surface area contributed by atoms with Crippen LogP contribution in [0, 0.1) is 6.92 Å². The van der Waals surface area contributed by atoms with E-state index in [1.165, 1.54) is 5.56 Å². The third-order valence-corrected chi connectivity index (χ3v) is 3.50. The van der Waals surface area contributed by atoms with Crippen LogP contribution in [-0.4, -0.2) is 26.4 Å². The molecule has 0 aliphatic rings. The average Bonchev–Trinajstić information content (AvgIpc) is 2.55. The summed E-state index contributed by atoms with van der Waals surface area (Å²) in [7, 11) is 0. The minimum absolute atomic E-state index is 0.631. The van der Waals surface area contributed by atoms with Crippen molar-refractivity contribution in [1.29, 1.82) is 0 Å². The Bertz CT molecular complexity index is 499. The molecule has 0 radical (unpaired) electrons. The lowest BCUT2D eigenvalue weighted by Crippen LogP contribution is -2.21. The molecule has 86 valence electrons. The molecular weight excluding hydrogens is 220 g/mol. The van der Waals surface area contributed by atoms with E-state index in [0.29, 0.717) is 5.75 Å². The summed E-state index contributed by atoms with van der Waals surface area (Å²) in [6, 6.07) is 6.14. The van der Waals surface area contributed by atoms with Gasteiger partial charge in [-0.3, -0.25) is 0 Å². The van der Waals surface area contributed by atoms with Gasteiger partial charge in [-0.05, 0) is 38.5 Å². The van der Waals surface area contributed by atoms with Crippen molar-refractivity contribution in [2.75, 3.05) is 5.75 Å². The van der Waals surface area contributed by atoms with Crippen LogP contribution in [0.4, 0.5) is 0 Å². The van der Waals surface area contributed by atoms with Crippen molar-refractivity contribution in [2.24, 2.45) is 0 Å². The number of nitrogens with zero attached hydrogens (tertiary/aromatic N) is 1. The van der Waals surface area contributed by atoms with E-state index in [2.05, 4.69) is 23.0 Å². The first-order valence-corrected chi connectivity index (χ1v) is 6.24. The van der Waals surface area contributed by atoms with Crippen LogP contribution in [0.25, 0.3) is 11.0 Å². The second-order valence-corrected chi connectivity index (χ2v) is 5.63. The number of aliphatic hydroxyl groups is 1. The Morgan fingerprint density at radius 2 is 2.19 bits per heavy atom. The highest BCUT2D eigenvalue weighted by atomic mass is 32.2. The van der Waals surface area contributed by atoms with Gasteiger partial charge in [0.1, 0.15) is 0 Å². The summed E-state index contributed by atoms with van der Waals surface area (Å²) in [6.07, 6.45) is 0. The van der Waals surface area contributed by atoms with Crippen LogP contribution in [0.1, 0.15) is 19.4 Å². The molecule has 0 bridgehead atoms. The van der Waals surface area contributed by atoms with Crippen molar-refractivity contribution < 1.29 is 5.11 Å². The highest BCUT2D eigenvalue weighted by Gasteiger charge is 2.14. The van der Waals surface area contributed by atoms with Crippen LogP contribution in [0.3, 0.4) is 0 Å². The third-order valence-electron chi connectivity index (χ3n) is 2.18. The number of thioether (sulfide) groups is 1. The maximum absolute atomic E-state index is 9.64. The lowest BCUT2D eigenvalue weighted by Gasteiger charge is -2.14. The Kier molecular flexibility index (Phi) is 2.95. The number of imidazole rings is 1. The van der Waals surface area contributed by atoms with Crippen LogP contribution in [0.2, 0.25) is 0 Å². The molecule has 2 rings (SSSR count). The van der Waals surface area contributed by atoms with E-state index in [9.17, 15) is 5.11 Å². The Balaban J connectivity index is 2.20. The van der Waals surface area contributed by atoms with E-state index in [4.69, 9.17) is 0 Å². The highest BCUT2D eigenvalue weighted by molar-refractivity contribution is 7.99. The van der Waals surface area contributed by atoms with Crippen LogP contribution in [-0.2, 0) is 0 Å². The minimum Gasteiger partial charge on any atom is -0.390 e. The van der Waals surface area contributed by atoms with Gasteiger partial charge >= 0.3 is 0 Å². The predicted molar refractivity (Wildman–Crippen MR) is 67.9 cm³/mol. The molecule has 3 nitrogen and oxygen atoms in total. The smallest absolute Gasteiger partial charge is 0.166 e. The molecule has 0 saturated heterocycles. The molecule has 0 atom stereocenters. The molecule has 0 aliphatic heterocycles. The highest BCUT2D eigenvalue weighted by Crippen LogP contribution is 2.23. The van der Waals surface area contributed by atoms with Gasteiger partial charge in [0, 0.05) is 5.75 Å². The van der Waals surface area contributed by atoms with Gasteiger partial charge in [-0.2, -0.15) is 0 Å². The van der Waals surface area contributed by atoms with Gasteiger partial charge in [0.15, 0.2) is 5.16 Å². The van der Waals surface area contributed by atoms with Crippen molar-refractivity contribution in [3.8, 4) is 0 Å². The number of hydrogen-bond donors (Lipinski definition) is 2. The molecular formula is C12H16N2OS. The number of aryl methyl sites for hydroxylation is 1. The molecule has 4 heteroatoms. The van der Waals surface area contributed by atoms with Crippen molar-refractivity contribution in [2.45, 2.75) is 31.5 Å². The van der Waals surface area contributed by atoms with Crippen LogP contribution < -0.4 is 0 Å². The zero-order valence-corrected chi connectivity index (χ0v) is 10.6. The predicted octanol–water partition coefficient (Wildman–Crippen LogP) is 2.73. The Morgan fingerprint density at radius 3 is 2.88 bits per heavy atom. The van der Waals surface area contributed by atoms with Crippen LogP contribution >= 0.6 is 11.8 Å². The number of H-pyrrole nitrogens is 1. The summed E-state index contributed by atoms with van der Waals surface area (Å²) in [5.74, 6) is 0.631. The molecule has 0 amide bonds. The fraction of sp³-hybridized carbons (Fsp3) is 0.417. The number of aromatic nitrogens is 2. The number of hydrogen-bond acceptors (Lipinski definition) is 3. The van der Waals surface area contributed by atoms with Gasteiger partial charge in [0.2, 0.25) is 0 Å². The fourth-order valence-corrected chi connectivity index (χ4v) is 2.25. The van der Waals surface area contributed by atoms with Gasteiger partial charge in [-0.25, -0.2) is 4.98 Å². The van der Waals surface area contributed by atoms with E-state index in [0.717, 1.165) is 16.2 Å². The second-order valence-electron chi connectivity index (χ2n) is 4.66. The number of fused-ring (bicyclic) bond motifs is 1. The molecule has 0 unspecified atom stereocenters. The number of nitrogens with one attached hydrogen (secondary N) is 1. The fourth-order valence-electron chi connectivity index (χ4n) is 1.41. The average molecular weight is 236 g/mol. The summed E-state index contributed by atoms with van der Waals surface area (Å²) in [6.45, 7) is 5.66. The summed E-state index contributed by atoms with van der Waals surface area (Å²) in [5.41, 5.74) is 2.58. The summed E-state index contributed by atoms with van der Waals surface area (Å²) in [5, 5.41) is 10.5. The number of rotatable bonds is 3. The number of benzene rings is 1. The Hall–Kier alpha value is -1.00. The molecule has 0 spiro atoms. The maximum Gasteiger partial charge on any atom is 0.166 e. The van der Waals surface area contributed by atoms with Gasteiger partial charge in [-0.15, -0.1) is 0 Å². The topological polar surface area (TPSA) is 48.9 Å². The van der Waals surface area contributed by atoms with Crippen molar-refractivity contribution in [3.05, 3.63) is 23.8 Å². The second kappa shape index (κ2) is 4.11. The summed E-state index contributed by atoms with van der Waals surface area (Å²) in [4.78, 5) is 7.70. The van der Waals surface area contributed by atoms with Crippen molar-refractivity contribution in [3.63, 3.8) is 0 Å².